The minimum atomic E-state index is -4.22. The number of hydrogen-bond acceptors (Lipinski definition) is 6. The van der Waals surface area contributed by atoms with E-state index in [1.807, 2.05) is 13.0 Å². The quantitative estimate of drug-likeness (QED) is 0.0955. The Bertz CT molecular complexity index is 1450. The summed E-state index contributed by atoms with van der Waals surface area (Å²) in [5.41, 5.74) is 0.688. The maximum absolute atomic E-state index is 14.1. The number of unbranched alkanes of at least 4 members (excludes halogenated alkanes) is 10. The number of nitrogens with zero attached hydrogens (tertiary/aromatic N) is 1. The number of ketones is 1. The van der Waals surface area contributed by atoms with Crippen molar-refractivity contribution >= 4 is 25.8 Å². The molecule has 1 unspecified atom stereocenters. The Hall–Kier alpha value is -2.17. The molecule has 0 spiro atoms. The number of carbonyl (C=O) groups excluding carboxylic acids is 1. The highest BCUT2D eigenvalue weighted by molar-refractivity contribution is 7.94. The molecule has 1 radical (unpaired) electrons. The van der Waals surface area contributed by atoms with Crippen molar-refractivity contribution in [3.63, 3.8) is 0 Å². The van der Waals surface area contributed by atoms with Gasteiger partial charge >= 0.3 is 0 Å². The van der Waals surface area contributed by atoms with Gasteiger partial charge in [0.15, 0.2) is 5.78 Å². The number of sulfonamides is 2. The van der Waals surface area contributed by atoms with E-state index in [1.165, 1.54) is 35.7 Å². The lowest BCUT2D eigenvalue weighted by Gasteiger charge is -2.29. The Labute approximate surface area is 299 Å². The second-order valence-electron chi connectivity index (χ2n) is 14.2. The molecule has 0 fully saturated rings. The smallest absolute Gasteiger partial charge is 0.265 e. The predicted octanol–water partition coefficient (Wildman–Crippen LogP) is 9.52. The van der Waals surface area contributed by atoms with Crippen LogP contribution in [-0.4, -0.2) is 46.1 Å². The van der Waals surface area contributed by atoms with E-state index < -0.39 is 25.8 Å². The zero-order chi connectivity index (χ0) is 36.5. The number of ether oxygens (including phenoxy) is 1. The fraction of sp³-hybridized carbons (Fsp3) is 0.692. The molecule has 0 saturated heterocycles. The van der Waals surface area contributed by atoms with E-state index in [2.05, 4.69) is 39.3 Å². The number of nitrogens with one attached hydrogen (secondary N) is 1. The summed E-state index contributed by atoms with van der Waals surface area (Å²) >= 11 is 0. The number of benzene rings is 1. The molecule has 0 bridgehead atoms. The fourth-order valence-electron chi connectivity index (χ4n) is 6.20. The lowest BCUT2D eigenvalue weighted by atomic mass is 9.80. The molecule has 49 heavy (non-hydrogen) atoms. The highest BCUT2D eigenvalue weighted by atomic mass is 32.2. The normalized spacial score (nSPS) is 14.9. The van der Waals surface area contributed by atoms with Crippen LogP contribution < -0.4 is 9.46 Å². The minimum Gasteiger partial charge on any atom is -0.492 e. The van der Waals surface area contributed by atoms with Gasteiger partial charge in [-0.3, -0.25) is 9.52 Å². The van der Waals surface area contributed by atoms with E-state index >= 15 is 0 Å². The van der Waals surface area contributed by atoms with Crippen LogP contribution in [-0.2, 0) is 30.3 Å². The Morgan fingerprint density at radius 3 is 2.16 bits per heavy atom. The molecule has 10 heteroatoms. The Morgan fingerprint density at radius 2 is 1.51 bits per heavy atom. The molecule has 8 nitrogen and oxygen atoms in total. The Kier molecular flexibility index (Phi) is 18.6. The summed E-state index contributed by atoms with van der Waals surface area (Å²) in [4.78, 5) is 12.7. The Morgan fingerprint density at radius 1 is 0.898 bits per heavy atom. The third-order valence-electron chi connectivity index (χ3n) is 9.41. The average molecular weight is 722 g/mol. The summed E-state index contributed by atoms with van der Waals surface area (Å²) in [5.74, 6) is -0.291. The monoisotopic (exact) mass is 721 g/mol. The summed E-state index contributed by atoms with van der Waals surface area (Å²) in [7, 11) is -8.40. The SMILES string of the molecule is C[CH]CN(C(C)CCCCCC)S(=O)(=O)C1=CC(NS(=O)(=O)c2cc(C(C)(C)CCCCC)ccc2OCCCCCCCC)=CCC1=O. The van der Waals surface area contributed by atoms with Gasteiger partial charge in [0.2, 0.25) is 10.0 Å². The molecule has 1 atom stereocenters. The van der Waals surface area contributed by atoms with Crippen LogP contribution in [0.2, 0.25) is 0 Å². The van der Waals surface area contributed by atoms with Gasteiger partial charge in [0.05, 0.1) is 6.61 Å². The van der Waals surface area contributed by atoms with E-state index in [9.17, 15) is 21.6 Å². The summed E-state index contributed by atoms with van der Waals surface area (Å²) in [6.07, 6.45) is 19.6. The molecule has 1 aromatic carbocycles. The second kappa shape index (κ2) is 21.3. The van der Waals surface area contributed by atoms with Gasteiger partial charge in [-0.05, 0) is 61.8 Å². The molecule has 1 N–H and O–H groups in total. The predicted molar refractivity (Wildman–Crippen MR) is 202 cm³/mol. The first-order chi connectivity index (χ1) is 23.2. The highest BCUT2D eigenvalue weighted by Crippen LogP contribution is 2.35. The van der Waals surface area contributed by atoms with Crippen LogP contribution in [0.3, 0.4) is 0 Å². The summed E-state index contributed by atoms with van der Waals surface area (Å²) in [5, 5.41) is 0. The molecule has 0 heterocycles. The maximum atomic E-state index is 14.1. The standard InChI is InChI=1S/C39H65N2O6S2/c1-8-12-15-17-18-21-29-47-36-26-23-33(39(6,7)27-20-14-10-3)30-38(36)48(43,44)40-34-24-25-35(42)37(31-34)49(45,46)41(28-11-4)32(5)22-19-16-13-9-2/h11,23-24,26,30-32,40H,8-10,12-22,25,27-29H2,1-7H3. The van der Waals surface area contributed by atoms with Gasteiger partial charge in [-0.2, -0.15) is 4.31 Å². The van der Waals surface area contributed by atoms with Crippen molar-refractivity contribution in [1.29, 1.82) is 0 Å². The molecular formula is C39H65N2O6S2. The van der Waals surface area contributed by atoms with E-state index in [-0.39, 0.29) is 45.7 Å². The van der Waals surface area contributed by atoms with Gasteiger partial charge in [-0.1, -0.05) is 131 Å². The lowest BCUT2D eigenvalue weighted by Crippen LogP contribution is -2.41. The third kappa shape index (κ3) is 13.5. The maximum Gasteiger partial charge on any atom is 0.265 e. The van der Waals surface area contributed by atoms with Gasteiger partial charge in [0, 0.05) is 24.7 Å². The number of Topliss-reactive ketones (excluding diaryl/α,β-unsaturated/α-hetero) is 1. The zero-order valence-electron chi connectivity index (χ0n) is 31.5. The first kappa shape index (κ1) is 43.0. The van der Waals surface area contributed by atoms with Crippen molar-refractivity contribution < 1.29 is 26.4 Å². The number of rotatable bonds is 26. The van der Waals surface area contributed by atoms with Crippen LogP contribution in [0.4, 0.5) is 0 Å². The first-order valence-electron chi connectivity index (χ1n) is 18.8. The molecular weight excluding hydrogens is 657 g/mol. The van der Waals surface area contributed by atoms with Crippen molar-refractivity contribution in [3.8, 4) is 5.75 Å². The molecule has 1 aliphatic rings. The van der Waals surface area contributed by atoms with Gasteiger partial charge in [-0.15, -0.1) is 0 Å². The van der Waals surface area contributed by atoms with E-state index in [1.54, 1.807) is 25.5 Å². The van der Waals surface area contributed by atoms with Crippen LogP contribution in [0.15, 0.2) is 45.8 Å². The van der Waals surface area contributed by atoms with Crippen LogP contribution in [0, 0.1) is 6.42 Å². The van der Waals surface area contributed by atoms with E-state index in [0.717, 1.165) is 76.2 Å². The highest BCUT2D eigenvalue weighted by Gasteiger charge is 2.36. The molecule has 2 rings (SSSR count). The number of carbonyl (C=O) groups is 1. The average Bonchev–Trinajstić information content (AvgIpc) is 3.05. The van der Waals surface area contributed by atoms with Gasteiger partial charge in [0.1, 0.15) is 15.6 Å². The third-order valence-corrected chi connectivity index (χ3v) is 12.8. The number of hydrogen-bond donors (Lipinski definition) is 1. The Balaban J connectivity index is 2.41. The van der Waals surface area contributed by atoms with Crippen molar-refractivity contribution in [2.75, 3.05) is 13.2 Å². The molecule has 0 amide bonds. The van der Waals surface area contributed by atoms with Gasteiger partial charge in [-0.25, -0.2) is 16.8 Å². The molecule has 0 aliphatic heterocycles. The van der Waals surface area contributed by atoms with Crippen molar-refractivity contribution in [3.05, 3.63) is 52.9 Å². The lowest BCUT2D eigenvalue weighted by molar-refractivity contribution is -0.114. The molecule has 1 aliphatic carbocycles. The van der Waals surface area contributed by atoms with Crippen LogP contribution >= 0.6 is 0 Å². The minimum absolute atomic E-state index is 0.0121. The van der Waals surface area contributed by atoms with Crippen LogP contribution in [0.1, 0.15) is 157 Å². The van der Waals surface area contributed by atoms with E-state index in [4.69, 9.17) is 4.74 Å². The zero-order valence-corrected chi connectivity index (χ0v) is 33.1. The largest absolute Gasteiger partial charge is 0.492 e. The van der Waals surface area contributed by atoms with Crippen molar-refractivity contribution in [2.45, 2.75) is 168 Å². The molecule has 0 aromatic heterocycles. The second-order valence-corrected chi connectivity index (χ2v) is 17.7. The molecule has 0 saturated carbocycles. The van der Waals surface area contributed by atoms with Crippen molar-refractivity contribution in [2.24, 2.45) is 0 Å². The van der Waals surface area contributed by atoms with Crippen molar-refractivity contribution in [1.82, 2.24) is 9.03 Å². The summed E-state index contributed by atoms with van der Waals surface area (Å²) in [6, 6.07) is 5.08. The first-order valence-corrected chi connectivity index (χ1v) is 21.7. The van der Waals surface area contributed by atoms with Gasteiger partial charge < -0.3 is 4.74 Å². The summed E-state index contributed by atoms with van der Waals surface area (Å²) in [6.45, 7) is 14.9. The molecule has 1 aromatic rings. The fourth-order valence-corrected chi connectivity index (χ4v) is 9.26. The van der Waals surface area contributed by atoms with E-state index in [0.29, 0.717) is 13.0 Å². The van der Waals surface area contributed by atoms with Crippen LogP contribution in [0.25, 0.3) is 0 Å². The number of allylic oxidation sites excluding steroid dienone is 3. The summed E-state index contributed by atoms with van der Waals surface area (Å²) < 4.78 is 66.2. The van der Waals surface area contributed by atoms with Gasteiger partial charge in [0.25, 0.3) is 10.0 Å². The van der Waals surface area contributed by atoms with Crippen LogP contribution in [0.5, 0.6) is 5.75 Å². The molecule has 279 valence electrons. The topological polar surface area (TPSA) is 110 Å².